The highest BCUT2D eigenvalue weighted by Gasteiger charge is 2.17. The maximum Gasteiger partial charge on any atom is 0.224 e. The van der Waals surface area contributed by atoms with E-state index >= 15 is 0 Å². The molecular weight excluding hydrogens is 322 g/mol. The lowest BCUT2D eigenvalue weighted by Gasteiger charge is -2.36. The van der Waals surface area contributed by atoms with Gasteiger partial charge in [0.25, 0.3) is 0 Å². The lowest BCUT2D eigenvalue weighted by molar-refractivity contribution is -0.116. The maximum atomic E-state index is 11.8. The number of nitrogens with zero attached hydrogens (tertiary/aromatic N) is 2. The molecule has 0 aromatic heterocycles. The minimum absolute atomic E-state index is 0.106. The highest BCUT2D eigenvalue weighted by Crippen LogP contribution is 2.20. The molecule has 1 N–H and O–H groups in total. The molecule has 0 unspecified atom stereocenters. The van der Waals surface area contributed by atoms with Crippen LogP contribution in [0.5, 0.6) is 0 Å². The minimum Gasteiger partial charge on any atom is -0.369 e. The van der Waals surface area contributed by atoms with Crippen LogP contribution in [0, 0.1) is 0 Å². The summed E-state index contributed by atoms with van der Waals surface area (Å²) >= 11 is 0. The highest BCUT2D eigenvalue weighted by molar-refractivity contribution is 5.90. The van der Waals surface area contributed by atoms with Gasteiger partial charge in [-0.05, 0) is 36.2 Å². The lowest BCUT2D eigenvalue weighted by Crippen LogP contribution is -2.45. The van der Waals surface area contributed by atoms with Gasteiger partial charge in [0.1, 0.15) is 0 Å². The first-order chi connectivity index (χ1) is 12.7. The number of hydrogen-bond donors (Lipinski definition) is 1. The van der Waals surface area contributed by atoms with Crippen LogP contribution in [0.3, 0.4) is 0 Å². The molecule has 3 rings (SSSR count). The van der Waals surface area contributed by atoms with Crippen molar-refractivity contribution in [3.05, 3.63) is 60.2 Å². The summed E-state index contributed by atoms with van der Waals surface area (Å²) in [6.07, 6.45) is 2.58. The molecule has 1 aliphatic heterocycles. The zero-order valence-corrected chi connectivity index (χ0v) is 15.7. The van der Waals surface area contributed by atoms with Crippen molar-refractivity contribution < 1.29 is 4.79 Å². The van der Waals surface area contributed by atoms with Gasteiger partial charge < -0.3 is 10.2 Å². The van der Waals surface area contributed by atoms with Crippen molar-refractivity contribution in [2.24, 2.45) is 0 Å². The van der Waals surface area contributed by atoms with Crippen molar-refractivity contribution in [3.63, 3.8) is 0 Å². The largest absolute Gasteiger partial charge is 0.369 e. The van der Waals surface area contributed by atoms with Crippen LogP contribution in [0.1, 0.15) is 31.7 Å². The van der Waals surface area contributed by atoms with E-state index in [4.69, 9.17) is 0 Å². The standard InChI is InChI=1S/C22H29N3O/c1-2-3-9-22(26)23-20-10-12-21(13-11-20)25-16-14-24(15-17-25)18-19-7-5-4-6-8-19/h4-8,10-13H,2-3,9,14-18H2,1H3,(H,23,26). The third-order valence-electron chi connectivity index (χ3n) is 4.89. The average Bonchev–Trinajstić information content (AvgIpc) is 2.68. The van der Waals surface area contributed by atoms with Crippen molar-refractivity contribution >= 4 is 17.3 Å². The van der Waals surface area contributed by atoms with Crippen molar-refractivity contribution in [1.82, 2.24) is 4.90 Å². The van der Waals surface area contributed by atoms with Crippen molar-refractivity contribution in [3.8, 4) is 0 Å². The van der Waals surface area contributed by atoms with E-state index in [1.807, 2.05) is 12.1 Å². The Morgan fingerprint density at radius 1 is 0.962 bits per heavy atom. The normalized spacial score (nSPS) is 15.0. The average molecular weight is 351 g/mol. The Labute approximate surface area is 156 Å². The maximum absolute atomic E-state index is 11.8. The number of unbranched alkanes of at least 4 members (excludes halogenated alkanes) is 1. The van der Waals surface area contributed by atoms with E-state index in [-0.39, 0.29) is 5.91 Å². The van der Waals surface area contributed by atoms with Gasteiger partial charge in [0.15, 0.2) is 0 Å². The fourth-order valence-corrected chi connectivity index (χ4v) is 3.32. The highest BCUT2D eigenvalue weighted by atomic mass is 16.1. The fourth-order valence-electron chi connectivity index (χ4n) is 3.32. The van der Waals surface area contributed by atoms with Crippen LogP contribution in [0.15, 0.2) is 54.6 Å². The molecule has 0 radical (unpaired) electrons. The quantitative estimate of drug-likeness (QED) is 0.814. The Bertz CT molecular complexity index is 676. The van der Waals surface area contributed by atoms with E-state index in [0.717, 1.165) is 51.3 Å². The van der Waals surface area contributed by atoms with Crippen LogP contribution in [0.25, 0.3) is 0 Å². The summed E-state index contributed by atoms with van der Waals surface area (Å²) < 4.78 is 0. The second-order valence-electron chi connectivity index (χ2n) is 6.95. The number of amides is 1. The molecule has 2 aromatic rings. The van der Waals surface area contributed by atoms with Gasteiger partial charge in [0, 0.05) is 50.5 Å². The molecule has 138 valence electrons. The Balaban J connectivity index is 1.47. The number of anilines is 2. The molecule has 2 aromatic carbocycles. The predicted octanol–water partition coefficient (Wildman–Crippen LogP) is 4.14. The first kappa shape index (κ1) is 18.5. The minimum atomic E-state index is 0.106. The van der Waals surface area contributed by atoms with E-state index in [1.54, 1.807) is 0 Å². The Hall–Kier alpha value is -2.33. The van der Waals surface area contributed by atoms with E-state index in [1.165, 1.54) is 11.3 Å². The number of benzene rings is 2. The summed E-state index contributed by atoms with van der Waals surface area (Å²) in [7, 11) is 0. The Morgan fingerprint density at radius 3 is 2.31 bits per heavy atom. The van der Waals surface area contributed by atoms with Crippen molar-refractivity contribution in [2.75, 3.05) is 36.4 Å². The summed E-state index contributed by atoms with van der Waals surface area (Å²) in [5.41, 5.74) is 3.50. The van der Waals surface area contributed by atoms with Gasteiger partial charge in [-0.2, -0.15) is 0 Å². The number of carbonyl (C=O) groups excluding carboxylic acids is 1. The number of rotatable bonds is 7. The molecule has 0 saturated carbocycles. The molecule has 4 heteroatoms. The molecule has 0 spiro atoms. The van der Waals surface area contributed by atoms with Gasteiger partial charge in [-0.25, -0.2) is 0 Å². The van der Waals surface area contributed by atoms with E-state index < -0.39 is 0 Å². The van der Waals surface area contributed by atoms with Gasteiger partial charge in [-0.1, -0.05) is 43.7 Å². The smallest absolute Gasteiger partial charge is 0.224 e. The molecule has 1 heterocycles. The van der Waals surface area contributed by atoms with E-state index in [9.17, 15) is 4.79 Å². The SMILES string of the molecule is CCCCC(=O)Nc1ccc(N2CCN(Cc3ccccc3)CC2)cc1. The van der Waals surface area contributed by atoms with Crippen LogP contribution in [0.2, 0.25) is 0 Å². The molecule has 0 atom stereocenters. The molecule has 0 aliphatic carbocycles. The molecule has 1 amide bonds. The van der Waals surface area contributed by atoms with Crippen LogP contribution in [-0.2, 0) is 11.3 Å². The molecule has 1 saturated heterocycles. The second kappa shape index (κ2) is 9.39. The zero-order chi connectivity index (χ0) is 18.2. The molecule has 0 bridgehead atoms. The van der Waals surface area contributed by atoms with Crippen LogP contribution >= 0.6 is 0 Å². The summed E-state index contributed by atoms with van der Waals surface area (Å²) in [4.78, 5) is 16.7. The molecule has 4 nitrogen and oxygen atoms in total. The first-order valence-corrected chi connectivity index (χ1v) is 9.66. The number of piperazine rings is 1. The molecule has 1 fully saturated rings. The van der Waals surface area contributed by atoms with Crippen LogP contribution in [-0.4, -0.2) is 37.0 Å². The van der Waals surface area contributed by atoms with Crippen molar-refractivity contribution in [1.29, 1.82) is 0 Å². The first-order valence-electron chi connectivity index (χ1n) is 9.66. The third-order valence-corrected chi connectivity index (χ3v) is 4.89. The lowest BCUT2D eigenvalue weighted by atomic mass is 10.2. The van der Waals surface area contributed by atoms with E-state index in [0.29, 0.717) is 6.42 Å². The van der Waals surface area contributed by atoms with Gasteiger partial charge >= 0.3 is 0 Å². The predicted molar refractivity (Wildman–Crippen MR) is 109 cm³/mol. The number of nitrogens with one attached hydrogen (secondary N) is 1. The molecule has 26 heavy (non-hydrogen) atoms. The van der Waals surface area contributed by atoms with Crippen LogP contribution < -0.4 is 10.2 Å². The molecule has 1 aliphatic rings. The second-order valence-corrected chi connectivity index (χ2v) is 6.95. The monoisotopic (exact) mass is 351 g/mol. The summed E-state index contributed by atoms with van der Waals surface area (Å²) in [6, 6.07) is 18.9. The van der Waals surface area contributed by atoms with Gasteiger partial charge in [-0.3, -0.25) is 9.69 Å². The summed E-state index contributed by atoms with van der Waals surface area (Å²) in [5.74, 6) is 0.106. The Kier molecular flexibility index (Phi) is 6.67. The van der Waals surface area contributed by atoms with Crippen LogP contribution in [0.4, 0.5) is 11.4 Å². The van der Waals surface area contributed by atoms with Gasteiger partial charge in [0.2, 0.25) is 5.91 Å². The summed E-state index contributed by atoms with van der Waals surface area (Å²) in [5, 5.41) is 2.98. The number of hydrogen-bond acceptors (Lipinski definition) is 3. The van der Waals surface area contributed by atoms with Gasteiger partial charge in [-0.15, -0.1) is 0 Å². The van der Waals surface area contributed by atoms with Crippen molar-refractivity contribution in [2.45, 2.75) is 32.7 Å². The third kappa shape index (κ3) is 5.33. The molecular formula is C22H29N3O. The number of carbonyl (C=O) groups is 1. The zero-order valence-electron chi connectivity index (χ0n) is 15.7. The van der Waals surface area contributed by atoms with E-state index in [2.05, 4.69) is 64.5 Å². The van der Waals surface area contributed by atoms with Gasteiger partial charge in [0.05, 0.1) is 0 Å². The summed E-state index contributed by atoms with van der Waals surface area (Å²) in [6.45, 7) is 7.35. The topological polar surface area (TPSA) is 35.6 Å². The Morgan fingerprint density at radius 2 is 1.65 bits per heavy atom. The fraction of sp³-hybridized carbons (Fsp3) is 0.409.